The Balaban J connectivity index is 1.59. The molecule has 0 unspecified atom stereocenters. The lowest BCUT2D eigenvalue weighted by atomic mass is 10.0. The van der Waals surface area contributed by atoms with E-state index in [1.165, 1.54) is 6.08 Å². The summed E-state index contributed by atoms with van der Waals surface area (Å²) in [7, 11) is 1.74. The third kappa shape index (κ3) is 5.42. The molecular weight excluding hydrogens is 404 g/mol. The Kier molecular flexibility index (Phi) is 7.10. The summed E-state index contributed by atoms with van der Waals surface area (Å²) >= 11 is 0. The largest absolute Gasteiger partial charge is 0.459 e. The van der Waals surface area contributed by atoms with Gasteiger partial charge in [-0.3, -0.25) is 9.59 Å². The SMILES string of the molecule is CCNC(C)(C)C(=O)Nc1ccc(/C=C/C(=O)N(C)Cc2oc3ccccc3c2C)cn1. The Bertz CT molecular complexity index is 1130. The highest BCUT2D eigenvalue weighted by molar-refractivity contribution is 5.97. The predicted octanol–water partition coefficient (Wildman–Crippen LogP) is 4.13. The van der Waals surface area contributed by atoms with E-state index in [1.807, 2.05) is 52.0 Å². The number of amides is 2. The summed E-state index contributed by atoms with van der Waals surface area (Å²) in [6, 6.07) is 11.4. The highest BCUT2D eigenvalue weighted by Gasteiger charge is 2.26. The molecule has 0 spiro atoms. The van der Waals surface area contributed by atoms with Crippen molar-refractivity contribution in [2.75, 3.05) is 18.9 Å². The van der Waals surface area contributed by atoms with Gasteiger partial charge in [0.15, 0.2) is 0 Å². The molecular formula is C25H30N4O3. The molecule has 2 N–H and O–H groups in total. The minimum Gasteiger partial charge on any atom is -0.459 e. The number of nitrogens with zero attached hydrogens (tertiary/aromatic N) is 2. The van der Waals surface area contributed by atoms with Gasteiger partial charge in [0.05, 0.1) is 12.1 Å². The average molecular weight is 435 g/mol. The topological polar surface area (TPSA) is 87.5 Å². The van der Waals surface area contributed by atoms with E-state index in [1.54, 1.807) is 36.4 Å². The van der Waals surface area contributed by atoms with Crippen molar-refractivity contribution in [1.82, 2.24) is 15.2 Å². The van der Waals surface area contributed by atoms with Gasteiger partial charge in [0.1, 0.15) is 17.2 Å². The van der Waals surface area contributed by atoms with Crippen LogP contribution in [0.25, 0.3) is 17.0 Å². The fraction of sp³-hybridized carbons (Fsp3) is 0.320. The molecule has 168 valence electrons. The van der Waals surface area contributed by atoms with Gasteiger partial charge in [-0.25, -0.2) is 4.98 Å². The Morgan fingerprint density at radius 1 is 1.19 bits per heavy atom. The van der Waals surface area contributed by atoms with Gasteiger partial charge >= 0.3 is 0 Å². The molecule has 0 radical (unpaired) electrons. The number of para-hydroxylation sites is 1. The molecule has 7 nitrogen and oxygen atoms in total. The first-order chi connectivity index (χ1) is 15.2. The van der Waals surface area contributed by atoms with Gasteiger partial charge in [-0.15, -0.1) is 0 Å². The molecule has 2 aromatic heterocycles. The van der Waals surface area contributed by atoms with Crippen molar-refractivity contribution in [3.05, 3.63) is 65.6 Å². The van der Waals surface area contributed by atoms with Crippen LogP contribution in [0.2, 0.25) is 0 Å². The maximum Gasteiger partial charge on any atom is 0.246 e. The third-order valence-electron chi connectivity index (χ3n) is 5.33. The number of nitrogens with one attached hydrogen (secondary N) is 2. The van der Waals surface area contributed by atoms with Crippen molar-refractivity contribution >= 4 is 34.7 Å². The summed E-state index contributed by atoms with van der Waals surface area (Å²) in [6.07, 6.45) is 4.82. The van der Waals surface area contributed by atoms with Crippen molar-refractivity contribution in [3.63, 3.8) is 0 Å². The number of benzene rings is 1. The van der Waals surface area contributed by atoms with Gasteiger partial charge in [0.2, 0.25) is 11.8 Å². The number of aromatic nitrogens is 1. The van der Waals surface area contributed by atoms with Gasteiger partial charge in [0, 0.05) is 30.3 Å². The van der Waals surface area contributed by atoms with E-state index in [0.717, 1.165) is 27.9 Å². The van der Waals surface area contributed by atoms with Crippen molar-refractivity contribution in [2.45, 2.75) is 39.8 Å². The number of rotatable bonds is 8. The van der Waals surface area contributed by atoms with Crippen molar-refractivity contribution in [3.8, 4) is 0 Å². The number of aryl methyl sites for hydroxylation is 1. The lowest BCUT2D eigenvalue weighted by molar-refractivity contribution is -0.125. The number of furan rings is 1. The first-order valence-corrected chi connectivity index (χ1v) is 10.6. The summed E-state index contributed by atoms with van der Waals surface area (Å²) in [5.41, 5.74) is 1.94. The molecule has 0 aliphatic heterocycles. The zero-order chi connectivity index (χ0) is 23.3. The molecule has 3 aromatic rings. The van der Waals surface area contributed by atoms with Gasteiger partial charge < -0.3 is 20.0 Å². The lowest BCUT2D eigenvalue weighted by Gasteiger charge is -2.24. The predicted molar refractivity (Wildman–Crippen MR) is 127 cm³/mol. The fourth-order valence-corrected chi connectivity index (χ4v) is 3.34. The maximum absolute atomic E-state index is 12.5. The summed E-state index contributed by atoms with van der Waals surface area (Å²) < 4.78 is 5.90. The molecule has 7 heteroatoms. The number of carbonyl (C=O) groups is 2. The quantitative estimate of drug-likeness (QED) is 0.521. The minimum atomic E-state index is -0.690. The second-order valence-electron chi connectivity index (χ2n) is 8.26. The van der Waals surface area contributed by atoms with Crippen LogP contribution in [0.4, 0.5) is 5.82 Å². The third-order valence-corrected chi connectivity index (χ3v) is 5.33. The number of likely N-dealkylation sites (N-methyl/N-ethyl adjacent to an activating group) is 2. The highest BCUT2D eigenvalue weighted by Crippen LogP contribution is 2.25. The van der Waals surface area contributed by atoms with E-state index >= 15 is 0 Å². The van der Waals surface area contributed by atoms with Crippen LogP contribution < -0.4 is 10.6 Å². The van der Waals surface area contributed by atoms with Crippen LogP contribution >= 0.6 is 0 Å². The Morgan fingerprint density at radius 3 is 2.59 bits per heavy atom. The number of pyridine rings is 1. The first kappa shape index (κ1) is 23.2. The van der Waals surface area contributed by atoms with Crippen molar-refractivity contribution in [1.29, 1.82) is 0 Å². The summed E-state index contributed by atoms with van der Waals surface area (Å²) in [4.78, 5) is 30.8. The van der Waals surface area contributed by atoms with Crippen LogP contribution in [0.1, 0.15) is 37.7 Å². The van der Waals surface area contributed by atoms with Gasteiger partial charge in [-0.1, -0.05) is 25.1 Å². The Morgan fingerprint density at radius 2 is 1.94 bits per heavy atom. The number of hydrogen-bond donors (Lipinski definition) is 2. The first-order valence-electron chi connectivity index (χ1n) is 10.6. The summed E-state index contributed by atoms with van der Waals surface area (Å²) in [5, 5.41) is 6.98. The van der Waals surface area contributed by atoms with Crippen LogP contribution in [-0.4, -0.2) is 40.8 Å². The second-order valence-corrected chi connectivity index (χ2v) is 8.26. The van der Waals surface area contributed by atoms with Crippen LogP contribution in [0, 0.1) is 6.92 Å². The average Bonchev–Trinajstić information content (AvgIpc) is 3.08. The highest BCUT2D eigenvalue weighted by atomic mass is 16.3. The Labute approximate surface area is 188 Å². The van der Waals surface area contributed by atoms with E-state index in [9.17, 15) is 9.59 Å². The molecule has 0 bridgehead atoms. The molecule has 2 amide bonds. The standard InChI is InChI=1S/C25H30N4O3/c1-6-27-25(3,4)24(31)28-22-13-11-18(15-26-22)12-14-23(30)29(5)16-21-17(2)19-9-7-8-10-20(19)32-21/h7-15,27H,6,16H2,1-5H3,(H,26,28,31)/b14-12+. The molecule has 0 fully saturated rings. The molecule has 0 aliphatic carbocycles. The van der Waals surface area contributed by atoms with Gasteiger partial charge in [-0.2, -0.15) is 0 Å². The molecule has 1 aromatic carbocycles. The number of anilines is 1. The Hall–Kier alpha value is -3.45. The smallest absolute Gasteiger partial charge is 0.246 e. The molecule has 3 rings (SSSR count). The van der Waals surface area contributed by atoms with E-state index < -0.39 is 5.54 Å². The second kappa shape index (κ2) is 9.78. The normalized spacial score (nSPS) is 11.8. The van der Waals surface area contributed by atoms with Crippen LogP contribution in [0.3, 0.4) is 0 Å². The van der Waals surface area contributed by atoms with Gasteiger partial charge in [-0.05, 0) is 57.2 Å². The fourth-order valence-electron chi connectivity index (χ4n) is 3.34. The monoisotopic (exact) mass is 434 g/mol. The number of hydrogen-bond acceptors (Lipinski definition) is 5. The van der Waals surface area contributed by atoms with Gasteiger partial charge in [0.25, 0.3) is 0 Å². The number of fused-ring (bicyclic) bond motifs is 1. The molecule has 0 saturated heterocycles. The lowest BCUT2D eigenvalue weighted by Crippen LogP contribution is -2.49. The molecule has 0 aliphatic rings. The maximum atomic E-state index is 12.5. The van der Waals surface area contributed by atoms with E-state index in [2.05, 4.69) is 15.6 Å². The summed E-state index contributed by atoms with van der Waals surface area (Å²) in [6.45, 7) is 8.66. The zero-order valence-electron chi connectivity index (χ0n) is 19.2. The molecule has 0 saturated carbocycles. The summed E-state index contributed by atoms with van der Waals surface area (Å²) in [5.74, 6) is 0.932. The zero-order valence-corrected chi connectivity index (χ0v) is 19.2. The van der Waals surface area contributed by atoms with E-state index in [-0.39, 0.29) is 11.8 Å². The molecule has 2 heterocycles. The van der Waals surface area contributed by atoms with E-state index in [0.29, 0.717) is 18.9 Å². The van der Waals surface area contributed by atoms with E-state index in [4.69, 9.17) is 4.42 Å². The molecule has 0 atom stereocenters. The number of carbonyl (C=O) groups excluding carboxylic acids is 2. The van der Waals surface area contributed by atoms with Crippen LogP contribution in [0.5, 0.6) is 0 Å². The van der Waals surface area contributed by atoms with Crippen LogP contribution in [0.15, 0.2) is 53.1 Å². The molecule has 32 heavy (non-hydrogen) atoms. The minimum absolute atomic E-state index is 0.144. The van der Waals surface area contributed by atoms with Crippen LogP contribution in [-0.2, 0) is 16.1 Å². The van der Waals surface area contributed by atoms with Crippen molar-refractivity contribution < 1.29 is 14.0 Å². The van der Waals surface area contributed by atoms with Crippen molar-refractivity contribution in [2.24, 2.45) is 0 Å².